The van der Waals surface area contributed by atoms with E-state index in [1.807, 2.05) is 37.5 Å². The van der Waals surface area contributed by atoms with Crippen LogP contribution in [0.3, 0.4) is 0 Å². The van der Waals surface area contributed by atoms with E-state index in [0.717, 1.165) is 27.8 Å². The van der Waals surface area contributed by atoms with Crippen LogP contribution in [0.5, 0.6) is 0 Å². The number of aromatic nitrogens is 6. The topological polar surface area (TPSA) is 84.3 Å². The van der Waals surface area contributed by atoms with Gasteiger partial charge in [0.25, 0.3) is 0 Å². The highest BCUT2D eigenvalue weighted by Crippen LogP contribution is 2.22. The largest absolute Gasteiger partial charge is 0.321 e. The molecule has 0 bridgehead atoms. The van der Waals surface area contributed by atoms with Gasteiger partial charge in [-0.25, -0.2) is 9.97 Å². The third-order valence-electron chi connectivity index (χ3n) is 3.35. The van der Waals surface area contributed by atoms with Gasteiger partial charge in [0, 0.05) is 30.4 Å². The lowest BCUT2D eigenvalue weighted by Crippen LogP contribution is -1.97. The van der Waals surface area contributed by atoms with E-state index in [0.29, 0.717) is 5.95 Å². The van der Waals surface area contributed by atoms with Gasteiger partial charge >= 0.3 is 0 Å². The minimum Gasteiger partial charge on any atom is -0.321 e. The molecule has 0 amide bonds. The molecule has 0 saturated carbocycles. The summed E-state index contributed by atoms with van der Waals surface area (Å²) in [5.41, 5.74) is 3.69. The Kier molecular flexibility index (Phi) is 2.82. The van der Waals surface area contributed by atoms with Gasteiger partial charge in [-0.05, 0) is 12.1 Å². The first-order chi connectivity index (χ1) is 10.8. The second kappa shape index (κ2) is 4.96. The first-order valence-corrected chi connectivity index (χ1v) is 6.80. The Morgan fingerprint density at radius 3 is 3.00 bits per heavy atom. The number of anilines is 2. The number of nitrogens with zero attached hydrogens (tertiary/aromatic N) is 5. The molecule has 108 valence electrons. The van der Waals surface area contributed by atoms with Crippen LogP contribution in [-0.4, -0.2) is 29.9 Å². The van der Waals surface area contributed by atoms with Gasteiger partial charge in [0.05, 0.1) is 29.3 Å². The number of hydrogen-bond acceptors (Lipinski definition) is 5. The maximum absolute atomic E-state index is 4.55. The summed E-state index contributed by atoms with van der Waals surface area (Å²) in [5, 5.41) is 15.3. The van der Waals surface area contributed by atoms with Gasteiger partial charge in [-0.3, -0.25) is 9.78 Å². The van der Waals surface area contributed by atoms with E-state index in [-0.39, 0.29) is 0 Å². The number of nitrogens with one attached hydrogen (secondary N) is 2. The van der Waals surface area contributed by atoms with Crippen molar-refractivity contribution in [3.63, 3.8) is 0 Å². The molecule has 0 radical (unpaired) electrons. The molecule has 0 aliphatic rings. The summed E-state index contributed by atoms with van der Waals surface area (Å²) in [6, 6.07) is 7.95. The fourth-order valence-corrected chi connectivity index (χ4v) is 2.29. The van der Waals surface area contributed by atoms with Crippen LogP contribution in [0.25, 0.3) is 22.2 Å². The van der Waals surface area contributed by atoms with Crippen molar-refractivity contribution in [1.29, 1.82) is 0 Å². The van der Waals surface area contributed by atoms with Crippen molar-refractivity contribution in [2.24, 2.45) is 7.05 Å². The first kappa shape index (κ1) is 12.5. The van der Waals surface area contributed by atoms with E-state index in [9.17, 15) is 0 Å². The molecule has 3 heterocycles. The molecule has 1 aromatic carbocycles. The molecule has 0 unspecified atom stereocenters. The SMILES string of the molecule is Cn1cc(Nc2nccc(-c3ccc4cn[nH]c4c3)n2)cn1. The highest BCUT2D eigenvalue weighted by atomic mass is 15.3. The molecule has 22 heavy (non-hydrogen) atoms. The Morgan fingerprint density at radius 2 is 2.14 bits per heavy atom. The number of aromatic amines is 1. The summed E-state index contributed by atoms with van der Waals surface area (Å²) >= 11 is 0. The third-order valence-corrected chi connectivity index (χ3v) is 3.35. The molecule has 2 N–H and O–H groups in total. The normalized spacial score (nSPS) is 11.0. The lowest BCUT2D eigenvalue weighted by atomic mass is 10.1. The van der Waals surface area contributed by atoms with E-state index in [1.54, 1.807) is 23.3 Å². The number of rotatable bonds is 3. The molecule has 0 aliphatic heterocycles. The van der Waals surface area contributed by atoms with Crippen molar-refractivity contribution in [3.05, 3.63) is 49.1 Å². The Morgan fingerprint density at radius 1 is 1.18 bits per heavy atom. The quantitative estimate of drug-likeness (QED) is 0.606. The molecule has 0 atom stereocenters. The summed E-state index contributed by atoms with van der Waals surface area (Å²) in [5.74, 6) is 0.537. The van der Waals surface area contributed by atoms with Crippen LogP contribution in [0.1, 0.15) is 0 Å². The fraction of sp³-hybridized carbons (Fsp3) is 0.0667. The number of H-pyrrole nitrogens is 1. The van der Waals surface area contributed by atoms with Crippen LogP contribution in [0.4, 0.5) is 11.6 Å². The minimum absolute atomic E-state index is 0.537. The Hall–Kier alpha value is -3.22. The molecule has 7 nitrogen and oxygen atoms in total. The molecule has 0 fully saturated rings. The van der Waals surface area contributed by atoms with Gasteiger partial charge in [0.15, 0.2) is 0 Å². The van der Waals surface area contributed by atoms with Crippen LogP contribution in [0.2, 0.25) is 0 Å². The monoisotopic (exact) mass is 291 g/mol. The van der Waals surface area contributed by atoms with Crippen LogP contribution in [-0.2, 0) is 7.05 Å². The zero-order valence-electron chi connectivity index (χ0n) is 11.9. The lowest BCUT2D eigenvalue weighted by molar-refractivity contribution is 0.768. The molecular weight excluding hydrogens is 278 g/mol. The average Bonchev–Trinajstić information content (AvgIpc) is 3.15. The van der Waals surface area contributed by atoms with Gasteiger partial charge in [-0.2, -0.15) is 10.2 Å². The average molecular weight is 291 g/mol. The third kappa shape index (κ3) is 2.28. The van der Waals surface area contributed by atoms with Crippen LogP contribution >= 0.6 is 0 Å². The van der Waals surface area contributed by atoms with Crippen LogP contribution < -0.4 is 5.32 Å². The molecule has 4 aromatic rings. The van der Waals surface area contributed by atoms with E-state index >= 15 is 0 Å². The summed E-state index contributed by atoms with van der Waals surface area (Å²) < 4.78 is 1.72. The zero-order valence-corrected chi connectivity index (χ0v) is 11.9. The maximum atomic E-state index is 4.55. The molecule has 0 saturated heterocycles. The number of aryl methyl sites for hydroxylation is 1. The zero-order chi connectivity index (χ0) is 14.9. The van der Waals surface area contributed by atoms with Crippen molar-refractivity contribution in [3.8, 4) is 11.3 Å². The Balaban J connectivity index is 1.68. The van der Waals surface area contributed by atoms with Gasteiger partial charge in [-0.15, -0.1) is 0 Å². The molecule has 0 spiro atoms. The molecule has 7 heteroatoms. The maximum Gasteiger partial charge on any atom is 0.227 e. The second-order valence-electron chi connectivity index (χ2n) is 4.97. The highest BCUT2D eigenvalue weighted by molar-refractivity contribution is 5.83. The minimum atomic E-state index is 0.537. The lowest BCUT2D eigenvalue weighted by Gasteiger charge is -2.05. The summed E-state index contributed by atoms with van der Waals surface area (Å²) in [6.45, 7) is 0. The smallest absolute Gasteiger partial charge is 0.227 e. The van der Waals surface area contributed by atoms with Crippen LogP contribution in [0.15, 0.2) is 49.1 Å². The van der Waals surface area contributed by atoms with E-state index < -0.39 is 0 Å². The van der Waals surface area contributed by atoms with Gasteiger partial charge < -0.3 is 5.32 Å². The second-order valence-corrected chi connectivity index (χ2v) is 4.97. The van der Waals surface area contributed by atoms with E-state index in [4.69, 9.17) is 0 Å². The number of benzene rings is 1. The summed E-state index contributed by atoms with van der Waals surface area (Å²) in [4.78, 5) is 8.79. The van der Waals surface area contributed by atoms with Crippen molar-refractivity contribution in [2.75, 3.05) is 5.32 Å². The predicted octanol–water partition coefficient (Wildman–Crippen LogP) is 2.50. The highest BCUT2D eigenvalue weighted by Gasteiger charge is 2.05. The fourth-order valence-electron chi connectivity index (χ4n) is 2.29. The van der Waals surface area contributed by atoms with Crippen molar-refractivity contribution < 1.29 is 0 Å². The predicted molar refractivity (Wildman–Crippen MR) is 83.6 cm³/mol. The van der Waals surface area contributed by atoms with E-state index in [2.05, 4.69) is 30.6 Å². The van der Waals surface area contributed by atoms with Gasteiger partial charge in [0.2, 0.25) is 5.95 Å². The van der Waals surface area contributed by atoms with Crippen LogP contribution in [0, 0.1) is 0 Å². The van der Waals surface area contributed by atoms with Gasteiger partial charge in [0.1, 0.15) is 0 Å². The standard InChI is InChI=1S/C15H13N7/c1-22-9-12(8-18-22)19-15-16-5-4-13(20-15)10-2-3-11-7-17-21-14(11)6-10/h2-9H,1H3,(H,17,21)(H,16,19,20). The molecule has 3 aromatic heterocycles. The summed E-state index contributed by atoms with van der Waals surface area (Å²) in [7, 11) is 1.86. The molecule has 4 rings (SSSR count). The summed E-state index contributed by atoms with van der Waals surface area (Å²) in [6.07, 6.45) is 7.13. The molecule has 0 aliphatic carbocycles. The Bertz CT molecular complexity index is 938. The van der Waals surface area contributed by atoms with Crippen molar-refractivity contribution in [1.82, 2.24) is 29.9 Å². The number of fused-ring (bicyclic) bond motifs is 1. The van der Waals surface area contributed by atoms with Gasteiger partial charge in [-0.1, -0.05) is 12.1 Å². The first-order valence-electron chi connectivity index (χ1n) is 6.80. The van der Waals surface area contributed by atoms with Crippen molar-refractivity contribution in [2.45, 2.75) is 0 Å². The Labute approximate surface area is 126 Å². The van der Waals surface area contributed by atoms with Crippen molar-refractivity contribution >= 4 is 22.5 Å². The van der Waals surface area contributed by atoms with E-state index in [1.165, 1.54) is 0 Å². The number of hydrogen-bond donors (Lipinski definition) is 2. The molecular formula is C15H13N7.